The summed E-state index contributed by atoms with van der Waals surface area (Å²) in [5.74, 6) is 0.429. The average Bonchev–Trinajstić information content (AvgIpc) is 2.41. The van der Waals surface area contributed by atoms with Gasteiger partial charge in [-0.3, -0.25) is 0 Å². The van der Waals surface area contributed by atoms with Gasteiger partial charge >= 0.3 is 0 Å². The average molecular weight is 326 g/mol. The van der Waals surface area contributed by atoms with Gasteiger partial charge in [-0.25, -0.2) is 17.8 Å². The molecule has 0 saturated carbocycles. The Morgan fingerprint density at radius 2 is 2.37 bits per heavy atom. The fourth-order valence-corrected chi connectivity index (χ4v) is 4.95. The van der Waals surface area contributed by atoms with Crippen molar-refractivity contribution in [2.24, 2.45) is 0 Å². The SMILES string of the molecule is CCS(=O)(=O)C1CSCCN1c1nc(Cl)ncc1F. The first-order valence-electron chi connectivity index (χ1n) is 5.69. The second-order valence-corrected chi connectivity index (χ2v) is 7.92. The maximum absolute atomic E-state index is 13.8. The zero-order valence-electron chi connectivity index (χ0n) is 10.2. The van der Waals surface area contributed by atoms with Crippen LogP contribution in [0, 0.1) is 5.82 Å². The summed E-state index contributed by atoms with van der Waals surface area (Å²) in [4.78, 5) is 8.84. The Hall–Kier alpha value is -0.600. The van der Waals surface area contributed by atoms with E-state index in [1.165, 1.54) is 16.7 Å². The lowest BCUT2D eigenvalue weighted by molar-refractivity contribution is 0.569. The normalized spacial score (nSPS) is 20.6. The molecule has 0 spiro atoms. The van der Waals surface area contributed by atoms with Gasteiger partial charge < -0.3 is 4.90 Å². The van der Waals surface area contributed by atoms with Crippen LogP contribution >= 0.6 is 23.4 Å². The topological polar surface area (TPSA) is 63.2 Å². The Labute approximate surface area is 120 Å². The van der Waals surface area contributed by atoms with Crippen molar-refractivity contribution in [3.63, 3.8) is 0 Å². The van der Waals surface area contributed by atoms with Gasteiger partial charge in [-0.05, 0) is 11.6 Å². The molecule has 0 aliphatic carbocycles. The van der Waals surface area contributed by atoms with Crippen LogP contribution in [0.1, 0.15) is 6.92 Å². The maximum Gasteiger partial charge on any atom is 0.224 e. The molecular weight excluding hydrogens is 313 g/mol. The summed E-state index contributed by atoms with van der Waals surface area (Å²) < 4.78 is 38.0. The van der Waals surface area contributed by atoms with E-state index in [9.17, 15) is 12.8 Å². The Bertz CT molecular complexity index is 570. The summed E-state index contributed by atoms with van der Waals surface area (Å²) in [6.45, 7) is 1.99. The molecule has 0 N–H and O–H groups in total. The van der Waals surface area contributed by atoms with Gasteiger partial charge in [0.25, 0.3) is 0 Å². The van der Waals surface area contributed by atoms with Crippen LogP contribution in [0.3, 0.4) is 0 Å². The molecule has 106 valence electrons. The van der Waals surface area contributed by atoms with Crippen molar-refractivity contribution >= 4 is 39.0 Å². The van der Waals surface area contributed by atoms with Crippen LogP contribution in [-0.4, -0.2) is 47.6 Å². The first-order valence-corrected chi connectivity index (χ1v) is 8.94. The van der Waals surface area contributed by atoms with Crippen LogP contribution < -0.4 is 4.90 Å². The molecule has 1 aromatic rings. The number of hydrogen-bond donors (Lipinski definition) is 0. The van der Waals surface area contributed by atoms with Crippen LogP contribution in [0.2, 0.25) is 5.28 Å². The third kappa shape index (κ3) is 3.11. The first kappa shape index (κ1) is 14.8. The van der Waals surface area contributed by atoms with Crippen LogP contribution in [0.15, 0.2) is 6.20 Å². The second-order valence-electron chi connectivity index (χ2n) is 3.99. The molecular formula is C10H13ClFN3O2S2. The molecule has 1 aliphatic rings. The summed E-state index contributed by atoms with van der Waals surface area (Å²) in [6, 6.07) is 0. The standard InChI is InChI=1S/C10H13ClFN3O2S2/c1-2-19(16,17)8-6-18-4-3-15(8)9-7(12)5-13-10(11)14-9/h5,8H,2-4,6H2,1H3. The lowest BCUT2D eigenvalue weighted by Gasteiger charge is -2.35. The molecule has 0 amide bonds. The minimum atomic E-state index is -3.31. The molecule has 0 bridgehead atoms. The van der Waals surface area contributed by atoms with Crippen molar-refractivity contribution in [3.05, 3.63) is 17.3 Å². The van der Waals surface area contributed by atoms with E-state index in [2.05, 4.69) is 9.97 Å². The molecule has 1 fully saturated rings. The lowest BCUT2D eigenvalue weighted by Crippen LogP contribution is -2.48. The quantitative estimate of drug-likeness (QED) is 0.786. The Kier molecular flexibility index (Phi) is 4.52. The maximum atomic E-state index is 13.8. The molecule has 0 aromatic carbocycles. The van der Waals surface area contributed by atoms with Crippen molar-refractivity contribution in [3.8, 4) is 0 Å². The highest BCUT2D eigenvalue weighted by atomic mass is 35.5. The number of rotatable bonds is 3. The fourth-order valence-electron chi connectivity index (χ4n) is 1.85. The highest BCUT2D eigenvalue weighted by molar-refractivity contribution is 8.01. The van der Waals surface area contributed by atoms with Crippen LogP contribution in [0.25, 0.3) is 0 Å². The van der Waals surface area contributed by atoms with Crippen LogP contribution in [0.5, 0.6) is 0 Å². The van der Waals surface area contributed by atoms with E-state index in [0.717, 1.165) is 11.9 Å². The predicted octanol–water partition coefficient (Wildman–Crippen LogP) is 1.58. The second kappa shape index (κ2) is 5.80. The molecule has 1 aromatic heterocycles. The number of hydrogen-bond acceptors (Lipinski definition) is 6. The largest absolute Gasteiger partial charge is 0.336 e. The van der Waals surface area contributed by atoms with Gasteiger partial charge in [-0.15, -0.1) is 0 Å². The van der Waals surface area contributed by atoms with E-state index in [0.29, 0.717) is 12.3 Å². The van der Waals surface area contributed by atoms with E-state index < -0.39 is 21.0 Å². The van der Waals surface area contributed by atoms with Crippen molar-refractivity contribution in [1.82, 2.24) is 9.97 Å². The molecule has 1 saturated heterocycles. The van der Waals surface area contributed by atoms with Gasteiger partial charge in [0.1, 0.15) is 5.37 Å². The summed E-state index contributed by atoms with van der Waals surface area (Å²) in [5, 5.41) is -0.862. The third-order valence-electron chi connectivity index (χ3n) is 2.87. The molecule has 1 aliphatic heterocycles. The highest BCUT2D eigenvalue weighted by Gasteiger charge is 2.35. The number of anilines is 1. The number of aromatic nitrogens is 2. The zero-order chi connectivity index (χ0) is 14.0. The van der Waals surface area contributed by atoms with Crippen molar-refractivity contribution in [2.45, 2.75) is 12.3 Å². The fraction of sp³-hybridized carbons (Fsp3) is 0.600. The highest BCUT2D eigenvalue weighted by Crippen LogP contribution is 2.28. The molecule has 0 radical (unpaired) electrons. The first-order chi connectivity index (χ1) is 8.95. The number of nitrogens with zero attached hydrogens (tertiary/aromatic N) is 3. The van der Waals surface area contributed by atoms with Crippen molar-refractivity contribution in [2.75, 3.05) is 28.7 Å². The molecule has 9 heteroatoms. The van der Waals surface area contributed by atoms with E-state index in [4.69, 9.17) is 11.6 Å². The third-order valence-corrected chi connectivity index (χ3v) is 6.34. The Morgan fingerprint density at radius 1 is 1.63 bits per heavy atom. The van der Waals surface area contributed by atoms with E-state index in [1.807, 2.05) is 0 Å². The number of thioether (sulfide) groups is 1. The predicted molar refractivity (Wildman–Crippen MR) is 74.9 cm³/mol. The summed E-state index contributed by atoms with van der Waals surface area (Å²) >= 11 is 7.20. The molecule has 2 heterocycles. The van der Waals surface area contributed by atoms with Gasteiger partial charge in [0.2, 0.25) is 5.28 Å². The number of halogens is 2. The van der Waals surface area contributed by atoms with Crippen LogP contribution in [0.4, 0.5) is 10.2 Å². The number of sulfone groups is 1. The monoisotopic (exact) mass is 325 g/mol. The Morgan fingerprint density at radius 3 is 3.05 bits per heavy atom. The molecule has 1 unspecified atom stereocenters. The van der Waals surface area contributed by atoms with Gasteiger partial charge in [0, 0.05) is 23.8 Å². The van der Waals surface area contributed by atoms with Crippen molar-refractivity contribution < 1.29 is 12.8 Å². The molecule has 1 atom stereocenters. The van der Waals surface area contributed by atoms with Gasteiger partial charge in [0.05, 0.1) is 6.20 Å². The molecule has 2 rings (SSSR count). The van der Waals surface area contributed by atoms with Crippen molar-refractivity contribution in [1.29, 1.82) is 0 Å². The minimum Gasteiger partial charge on any atom is -0.336 e. The van der Waals surface area contributed by atoms with Crippen LogP contribution in [-0.2, 0) is 9.84 Å². The molecule has 5 nitrogen and oxygen atoms in total. The smallest absolute Gasteiger partial charge is 0.224 e. The van der Waals surface area contributed by atoms with E-state index in [1.54, 1.807) is 6.92 Å². The zero-order valence-corrected chi connectivity index (χ0v) is 12.6. The summed E-state index contributed by atoms with van der Waals surface area (Å²) in [5.41, 5.74) is 0. The van der Waals surface area contributed by atoms with Gasteiger partial charge in [-0.1, -0.05) is 6.92 Å². The minimum absolute atomic E-state index is 0.00909. The van der Waals surface area contributed by atoms with Gasteiger partial charge in [-0.2, -0.15) is 16.7 Å². The molecule has 19 heavy (non-hydrogen) atoms. The summed E-state index contributed by atoms with van der Waals surface area (Å²) in [7, 11) is -3.31. The van der Waals surface area contributed by atoms with E-state index in [-0.39, 0.29) is 16.9 Å². The van der Waals surface area contributed by atoms with Gasteiger partial charge in [0.15, 0.2) is 21.5 Å². The Balaban J connectivity index is 2.42. The lowest BCUT2D eigenvalue weighted by atomic mass is 10.4. The van der Waals surface area contributed by atoms with E-state index >= 15 is 0 Å². The summed E-state index contributed by atoms with van der Waals surface area (Å²) in [6.07, 6.45) is 0.960.